The van der Waals surface area contributed by atoms with Gasteiger partial charge in [0, 0.05) is 44.0 Å². The van der Waals surface area contributed by atoms with E-state index in [0.717, 1.165) is 16.7 Å². The predicted molar refractivity (Wildman–Crippen MR) is 204 cm³/mol. The topological polar surface area (TPSA) is 161 Å². The molecule has 0 aliphatic carbocycles. The second-order valence-corrected chi connectivity index (χ2v) is 13.5. The minimum atomic E-state index is -0.903. The highest BCUT2D eigenvalue weighted by Crippen LogP contribution is 2.22. The van der Waals surface area contributed by atoms with Gasteiger partial charge in [-0.1, -0.05) is 71.7 Å². The van der Waals surface area contributed by atoms with Gasteiger partial charge < -0.3 is 34.4 Å². The SMILES string of the molecule is COC(=O)[C@@H](N)Cc1ccc(-c2cc(Cl)cn(C)c2=O)cc1.COC(=O)[C@H](Cc1ccc(-c2cc(Cl)cn(C)c2=O)cc1)NC(=O)OC(C)(C)C.Cl. The zero-order valence-electron chi connectivity index (χ0n) is 29.9. The van der Waals surface area contributed by atoms with Crippen LogP contribution in [0.4, 0.5) is 4.79 Å². The summed E-state index contributed by atoms with van der Waals surface area (Å²) in [5.74, 6) is -1.03. The van der Waals surface area contributed by atoms with Gasteiger partial charge in [0.25, 0.3) is 11.1 Å². The quantitative estimate of drug-likeness (QED) is 0.166. The fourth-order valence-electron chi connectivity index (χ4n) is 4.91. The summed E-state index contributed by atoms with van der Waals surface area (Å²) in [6.07, 6.45) is 2.99. The molecule has 4 aromatic rings. The van der Waals surface area contributed by atoms with Crippen LogP contribution in [0.3, 0.4) is 0 Å². The van der Waals surface area contributed by atoms with Crippen molar-refractivity contribution in [2.75, 3.05) is 14.2 Å². The first-order valence-electron chi connectivity index (χ1n) is 15.7. The van der Waals surface area contributed by atoms with Gasteiger partial charge in [-0.3, -0.25) is 14.4 Å². The number of pyridine rings is 2. The highest BCUT2D eigenvalue weighted by atomic mass is 35.5. The molecule has 0 saturated carbocycles. The van der Waals surface area contributed by atoms with Gasteiger partial charge in [0.15, 0.2) is 0 Å². The summed E-state index contributed by atoms with van der Waals surface area (Å²) in [6, 6.07) is 16.0. The molecule has 2 aromatic heterocycles. The van der Waals surface area contributed by atoms with Crippen LogP contribution in [0, 0.1) is 0 Å². The third-order valence-electron chi connectivity index (χ3n) is 7.41. The number of nitrogens with zero attached hydrogens (tertiary/aromatic N) is 2. The van der Waals surface area contributed by atoms with Crippen LogP contribution in [-0.2, 0) is 50.7 Å². The Kier molecular flexibility index (Phi) is 16.1. The van der Waals surface area contributed by atoms with E-state index in [4.69, 9.17) is 38.4 Å². The Morgan fingerprint density at radius 2 is 1.15 bits per heavy atom. The van der Waals surface area contributed by atoms with Crippen molar-refractivity contribution >= 4 is 53.6 Å². The standard InChI is InChI=1S/C21H25ClN2O5.C16H17ClN2O3.ClH/c1-21(2,3)29-20(27)23-17(19(26)28-5)10-13-6-8-14(9-7-13)16-11-15(22)12-24(4)18(16)25;1-19-9-12(17)8-13(15(19)20)11-5-3-10(4-6-11)7-14(18)16(21)22-2;/h6-9,11-12,17H,10H2,1-5H3,(H,23,27);3-6,8-9,14H,7,18H2,1-2H3;1H/t17-;14-;/m00./s1. The number of ether oxygens (including phenoxy) is 3. The normalized spacial score (nSPS) is 11.9. The summed E-state index contributed by atoms with van der Waals surface area (Å²) in [6.45, 7) is 5.20. The average Bonchev–Trinajstić information content (AvgIpc) is 3.07. The number of carbonyl (C=O) groups excluding carboxylic acids is 3. The van der Waals surface area contributed by atoms with Crippen LogP contribution in [0.5, 0.6) is 0 Å². The number of halogens is 3. The van der Waals surface area contributed by atoms with E-state index in [1.54, 1.807) is 83.7 Å². The minimum absolute atomic E-state index is 0. The second kappa shape index (κ2) is 19.3. The van der Waals surface area contributed by atoms with Crippen LogP contribution in [0.1, 0.15) is 31.9 Å². The lowest BCUT2D eigenvalue weighted by Crippen LogP contribution is -2.45. The first kappa shape index (κ1) is 43.5. The number of nitrogens with one attached hydrogen (secondary N) is 1. The van der Waals surface area contributed by atoms with Crippen molar-refractivity contribution in [2.24, 2.45) is 19.8 Å². The molecule has 0 saturated heterocycles. The van der Waals surface area contributed by atoms with Gasteiger partial charge in [-0.15, -0.1) is 12.4 Å². The highest BCUT2D eigenvalue weighted by molar-refractivity contribution is 6.31. The van der Waals surface area contributed by atoms with Gasteiger partial charge in [0.1, 0.15) is 17.7 Å². The van der Waals surface area contributed by atoms with E-state index >= 15 is 0 Å². The smallest absolute Gasteiger partial charge is 0.408 e. The lowest BCUT2D eigenvalue weighted by atomic mass is 10.0. The minimum Gasteiger partial charge on any atom is -0.468 e. The van der Waals surface area contributed by atoms with Crippen molar-refractivity contribution in [3.8, 4) is 22.3 Å². The number of rotatable bonds is 9. The number of amides is 1. The molecule has 4 rings (SSSR count). The third-order valence-corrected chi connectivity index (χ3v) is 7.82. The Bertz CT molecular complexity index is 1970. The molecule has 0 unspecified atom stereocenters. The van der Waals surface area contributed by atoms with Crippen LogP contribution >= 0.6 is 35.6 Å². The third kappa shape index (κ3) is 12.6. The maximum absolute atomic E-state index is 12.3. The number of aryl methyl sites for hydroxylation is 2. The van der Waals surface area contributed by atoms with E-state index in [0.29, 0.717) is 33.2 Å². The number of benzene rings is 2. The number of alkyl carbamates (subject to hydrolysis) is 1. The van der Waals surface area contributed by atoms with E-state index in [2.05, 4.69) is 10.1 Å². The van der Waals surface area contributed by atoms with Crippen molar-refractivity contribution in [1.29, 1.82) is 0 Å². The molecule has 2 aromatic carbocycles. The lowest BCUT2D eigenvalue weighted by molar-refractivity contribution is -0.143. The number of hydrogen-bond acceptors (Lipinski definition) is 9. The van der Waals surface area contributed by atoms with Crippen molar-refractivity contribution in [3.05, 3.63) is 115 Å². The van der Waals surface area contributed by atoms with Crippen molar-refractivity contribution in [3.63, 3.8) is 0 Å². The van der Waals surface area contributed by atoms with E-state index in [1.807, 2.05) is 24.3 Å². The van der Waals surface area contributed by atoms with E-state index < -0.39 is 35.7 Å². The number of aromatic nitrogens is 2. The molecular formula is C37H43Cl3N4O8. The van der Waals surface area contributed by atoms with Crippen molar-refractivity contribution < 1.29 is 28.6 Å². The number of carbonyl (C=O) groups is 3. The van der Waals surface area contributed by atoms with E-state index in [-0.39, 0.29) is 29.9 Å². The molecule has 0 spiro atoms. The summed E-state index contributed by atoms with van der Waals surface area (Å²) in [7, 11) is 5.85. The van der Waals surface area contributed by atoms with Crippen LogP contribution in [0.2, 0.25) is 10.0 Å². The van der Waals surface area contributed by atoms with Crippen molar-refractivity contribution in [2.45, 2.75) is 51.3 Å². The van der Waals surface area contributed by atoms with Gasteiger partial charge in [-0.05, 0) is 61.6 Å². The average molecular weight is 778 g/mol. The monoisotopic (exact) mass is 776 g/mol. The molecule has 15 heteroatoms. The zero-order chi connectivity index (χ0) is 38.0. The molecule has 0 aliphatic rings. The Labute approximate surface area is 318 Å². The van der Waals surface area contributed by atoms with Gasteiger partial charge in [-0.25, -0.2) is 9.59 Å². The fourth-order valence-corrected chi connectivity index (χ4v) is 5.42. The second-order valence-electron chi connectivity index (χ2n) is 12.6. The Morgan fingerprint density at radius 3 is 1.54 bits per heavy atom. The first-order valence-corrected chi connectivity index (χ1v) is 16.5. The fraction of sp³-hybridized carbons (Fsp3) is 0.324. The zero-order valence-corrected chi connectivity index (χ0v) is 32.2. The Morgan fingerprint density at radius 1 is 0.750 bits per heavy atom. The van der Waals surface area contributed by atoms with Crippen LogP contribution < -0.4 is 22.2 Å². The molecule has 2 atom stereocenters. The van der Waals surface area contributed by atoms with E-state index in [9.17, 15) is 24.0 Å². The molecular weight excluding hydrogens is 735 g/mol. The number of hydrogen-bond donors (Lipinski definition) is 2. The predicted octanol–water partition coefficient (Wildman–Crippen LogP) is 5.48. The summed E-state index contributed by atoms with van der Waals surface area (Å²) in [5, 5.41) is 3.49. The maximum atomic E-state index is 12.3. The molecule has 0 aliphatic heterocycles. The van der Waals surface area contributed by atoms with Crippen LogP contribution in [0.25, 0.3) is 22.3 Å². The summed E-state index contributed by atoms with van der Waals surface area (Å²) < 4.78 is 17.4. The maximum Gasteiger partial charge on any atom is 0.408 e. The molecule has 52 heavy (non-hydrogen) atoms. The molecule has 1 amide bonds. The van der Waals surface area contributed by atoms with Gasteiger partial charge in [0.05, 0.1) is 24.3 Å². The molecule has 0 bridgehead atoms. The number of methoxy groups -OCH3 is 2. The lowest BCUT2D eigenvalue weighted by Gasteiger charge is -2.22. The van der Waals surface area contributed by atoms with Crippen molar-refractivity contribution in [1.82, 2.24) is 14.5 Å². The molecule has 0 radical (unpaired) electrons. The number of nitrogens with two attached hydrogens (primary N) is 1. The molecule has 2 heterocycles. The molecule has 0 fully saturated rings. The summed E-state index contributed by atoms with van der Waals surface area (Å²) >= 11 is 12.0. The molecule has 280 valence electrons. The molecule has 12 nitrogen and oxygen atoms in total. The largest absolute Gasteiger partial charge is 0.468 e. The van der Waals surface area contributed by atoms with E-state index in [1.165, 1.54) is 23.4 Å². The van der Waals surface area contributed by atoms with Gasteiger partial charge in [0.2, 0.25) is 0 Å². The summed E-state index contributed by atoms with van der Waals surface area (Å²) in [4.78, 5) is 59.9. The van der Waals surface area contributed by atoms with Crippen LogP contribution in [0.15, 0.2) is 82.6 Å². The molecule has 3 N–H and O–H groups in total. The summed E-state index contributed by atoms with van der Waals surface area (Å²) in [5.41, 5.74) is 8.89. The van der Waals surface area contributed by atoms with Gasteiger partial charge >= 0.3 is 18.0 Å². The Balaban J connectivity index is 0.000000366. The van der Waals surface area contributed by atoms with Gasteiger partial charge in [-0.2, -0.15) is 0 Å². The highest BCUT2D eigenvalue weighted by Gasteiger charge is 2.25. The van der Waals surface area contributed by atoms with Crippen LogP contribution in [-0.4, -0.2) is 59.1 Å². The first-order chi connectivity index (χ1) is 23.9. The Hall–Kier alpha value is -4.62. The number of esters is 2.